The van der Waals surface area contributed by atoms with Gasteiger partial charge in [-0.15, -0.1) is 0 Å². The number of hydrogen-bond donors (Lipinski definition) is 3. The fourth-order valence-electron chi connectivity index (χ4n) is 3.32. The van der Waals surface area contributed by atoms with Crippen LogP contribution in [0.4, 0.5) is 0 Å². The molecule has 0 heterocycles. The fraction of sp³-hybridized carbons (Fsp3) is 0.500. The number of ether oxygens (including phenoxy) is 1. The van der Waals surface area contributed by atoms with Gasteiger partial charge in [-0.05, 0) is 48.2 Å². The van der Waals surface area contributed by atoms with Gasteiger partial charge in [0, 0.05) is 6.54 Å². The van der Waals surface area contributed by atoms with Gasteiger partial charge in [-0.1, -0.05) is 81.0 Å². The van der Waals surface area contributed by atoms with Gasteiger partial charge >= 0.3 is 7.60 Å². The highest BCUT2D eigenvalue weighted by Crippen LogP contribution is 2.34. The number of hydrogen-bond acceptors (Lipinski definition) is 3. The lowest BCUT2D eigenvalue weighted by Gasteiger charge is -2.11. The van der Waals surface area contributed by atoms with Crippen molar-refractivity contribution in [2.24, 2.45) is 0 Å². The van der Waals surface area contributed by atoms with Gasteiger partial charge in [-0.25, -0.2) is 0 Å². The van der Waals surface area contributed by atoms with Crippen molar-refractivity contribution in [1.29, 1.82) is 0 Å². The molecule has 31 heavy (non-hydrogen) atoms. The van der Waals surface area contributed by atoms with Crippen LogP contribution in [-0.2, 0) is 11.1 Å². The molecule has 2 rings (SSSR count). The van der Waals surface area contributed by atoms with Crippen LogP contribution in [0.3, 0.4) is 0 Å². The summed E-state index contributed by atoms with van der Waals surface area (Å²) < 4.78 is 16.7. The second kappa shape index (κ2) is 13.9. The second-order valence-corrected chi connectivity index (χ2v) is 10.1. The van der Waals surface area contributed by atoms with Gasteiger partial charge in [-0.3, -0.25) is 4.57 Å². The molecule has 0 saturated carbocycles. The zero-order valence-electron chi connectivity index (χ0n) is 18.4. The number of benzene rings is 2. The lowest BCUT2D eigenvalue weighted by atomic mass is 10.0. The lowest BCUT2D eigenvalue weighted by Crippen LogP contribution is -2.15. The minimum atomic E-state index is -3.90. The molecule has 0 aliphatic carbocycles. The quantitative estimate of drug-likeness (QED) is 0.208. The molecule has 2 aromatic rings. The topological polar surface area (TPSA) is 78.8 Å². The largest absolute Gasteiger partial charge is 0.492 e. The highest BCUT2D eigenvalue weighted by Gasteiger charge is 2.11. The molecule has 3 N–H and O–H groups in total. The summed E-state index contributed by atoms with van der Waals surface area (Å²) >= 11 is 6.43. The molecule has 0 atom stereocenters. The maximum atomic E-state index is 10.8. The van der Waals surface area contributed by atoms with E-state index in [0.29, 0.717) is 31.1 Å². The maximum Gasteiger partial charge on any atom is 0.325 e. The third kappa shape index (κ3) is 10.7. The van der Waals surface area contributed by atoms with E-state index in [2.05, 4.69) is 24.4 Å². The van der Waals surface area contributed by atoms with E-state index in [-0.39, 0.29) is 6.16 Å². The molecule has 0 radical (unpaired) electrons. The molecule has 172 valence electrons. The minimum Gasteiger partial charge on any atom is -0.492 e. The van der Waals surface area contributed by atoms with E-state index in [1.54, 1.807) is 0 Å². The van der Waals surface area contributed by atoms with Crippen LogP contribution in [0.2, 0.25) is 5.02 Å². The summed E-state index contributed by atoms with van der Waals surface area (Å²) in [6, 6.07) is 14.1. The first-order chi connectivity index (χ1) is 14.9. The van der Waals surface area contributed by atoms with E-state index in [9.17, 15) is 4.57 Å². The average molecular weight is 468 g/mol. The summed E-state index contributed by atoms with van der Waals surface area (Å²) in [5.74, 6) is 0.732. The molecule has 0 spiro atoms. The SMILES string of the molecule is CCCCCCCCOc1ccc(-c2ccc(CNCCCP(=O)(O)O)cc2)cc1Cl. The van der Waals surface area contributed by atoms with Crippen LogP contribution in [0.1, 0.15) is 57.4 Å². The molecule has 5 nitrogen and oxygen atoms in total. The molecule has 7 heteroatoms. The first-order valence-electron chi connectivity index (χ1n) is 11.2. The van der Waals surface area contributed by atoms with E-state index in [4.69, 9.17) is 26.1 Å². The molecule has 0 fully saturated rings. The third-order valence-corrected chi connectivity index (χ3v) is 6.30. The van der Waals surface area contributed by atoms with Crippen LogP contribution in [0.25, 0.3) is 11.1 Å². The second-order valence-electron chi connectivity index (χ2n) is 7.88. The molecule has 0 bridgehead atoms. The van der Waals surface area contributed by atoms with Crippen molar-refractivity contribution in [3.05, 3.63) is 53.1 Å². The van der Waals surface area contributed by atoms with Gasteiger partial charge in [-0.2, -0.15) is 0 Å². The molecular formula is C24H35ClNO4P. The number of nitrogens with one attached hydrogen (secondary N) is 1. The lowest BCUT2D eigenvalue weighted by molar-refractivity contribution is 0.304. The Balaban J connectivity index is 1.77. The monoisotopic (exact) mass is 467 g/mol. The molecule has 0 aliphatic rings. The summed E-state index contributed by atoms with van der Waals surface area (Å²) in [5.41, 5.74) is 3.23. The van der Waals surface area contributed by atoms with Crippen LogP contribution in [0.5, 0.6) is 5.75 Å². The fourth-order valence-corrected chi connectivity index (χ4v) is 4.12. The highest BCUT2D eigenvalue weighted by molar-refractivity contribution is 7.51. The summed E-state index contributed by atoms with van der Waals surface area (Å²) in [5, 5.41) is 3.83. The summed E-state index contributed by atoms with van der Waals surface area (Å²) in [6.45, 7) is 4.15. The van der Waals surface area contributed by atoms with Gasteiger partial charge in [0.1, 0.15) is 5.75 Å². The van der Waals surface area contributed by atoms with E-state index in [0.717, 1.165) is 28.9 Å². The van der Waals surface area contributed by atoms with Crippen LogP contribution < -0.4 is 10.1 Å². The third-order valence-electron chi connectivity index (χ3n) is 5.11. The maximum absolute atomic E-state index is 10.8. The van der Waals surface area contributed by atoms with E-state index in [1.165, 1.54) is 32.1 Å². The van der Waals surface area contributed by atoms with Crippen molar-refractivity contribution >= 4 is 19.2 Å². The normalized spacial score (nSPS) is 11.6. The Morgan fingerprint density at radius 2 is 1.61 bits per heavy atom. The van der Waals surface area contributed by atoms with Crippen molar-refractivity contribution in [1.82, 2.24) is 5.32 Å². The Kier molecular flexibility index (Phi) is 11.6. The molecule has 0 amide bonds. The van der Waals surface area contributed by atoms with Gasteiger partial charge < -0.3 is 19.8 Å². The van der Waals surface area contributed by atoms with Crippen molar-refractivity contribution in [3.63, 3.8) is 0 Å². The minimum absolute atomic E-state index is 0.0850. The van der Waals surface area contributed by atoms with Gasteiger partial charge in [0.25, 0.3) is 0 Å². The predicted octanol–water partition coefficient (Wildman–Crippen LogP) is 6.40. The molecule has 0 aliphatic heterocycles. The van der Waals surface area contributed by atoms with Crippen LogP contribution in [0.15, 0.2) is 42.5 Å². The molecule has 0 saturated heterocycles. The number of unbranched alkanes of at least 4 members (excludes halogenated alkanes) is 5. The first-order valence-corrected chi connectivity index (χ1v) is 13.3. The van der Waals surface area contributed by atoms with E-state index < -0.39 is 7.60 Å². The molecule has 2 aromatic carbocycles. The van der Waals surface area contributed by atoms with Gasteiger partial charge in [0.15, 0.2) is 0 Å². The average Bonchev–Trinajstić information content (AvgIpc) is 2.73. The van der Waals surface area contributed by atoms with Gasteiger partial charge in [0.05, 0.1) is 17.8 Å². The predicted molar refractivity (Wildman–Crippen MR) is 129 cm³/mol. The zero-order chi connectivity index (χ0) is 22.5. The van der Waals surface area contributed by atoms with Crippen LogP contribution >= 0.6 is 19.2 Å². The van der Waals surface area contributed by atoms with Crippen LogP contribution in [-0.4, -0.2) is 29.1 Å². The summed E-state index contributed by atoms with van der Waals surface area (Å²) in [6.07, 6.45) is 7.76. The van der Waals surface area contributed by atoms with E-state index >= 15 is 0 Å². The van der Waals surface area contributed by atoms with E-state index in [1.807, 2.05) is 30.3 Å². The van der Waals surface area contributed by atoms with Gasteiger partial charge in [0.2, 0.25) is 0 Å². The first kappa shape index (κ1) is 25.9. The standard InChI is InChI=1S/C24H35ClNO4P/c1-2-3-4-5-6-7-16-30-24-14-13-22(18-23(24)25)21-11-9-20(10-12-21)19-26-15-8-17-31(27,28)29/h9-14,18,26H,2-8,15-17,19H2,1H3,(H2,27,28,29). The van der Waals surface area contributed by atoms with Crippen molar-refractivity contribution < 1.29 is 19.1 Å². The Labute approximate surface area is 191 Å². The van der Waals surface area contributed by atoms with Crippen molar-refractivity contribution in [2.75, 3.05) is 19.3 Å². The number of halogens is 1. The number of rotatable bonds is 15. The molecular weight excluding hydrogens is 433 g/mol. The highest BCUT2D eigenvalue weighted by atomic mass is 35.5. The van der Waals surface area contributed by atoms with Crippen molar-refractivity contribution in [3.8, 4) is 16.9 Å². The Morgan fingerprint density at radius 3 is 2.29 bits per heavy atom. The van der Waals surface area contributed by atoms with Crippen molar-refractivity contribution in [2.45, 2.75) is 58.4 Å². The van der Waals surface area contributed by atoms with Crippen LogP contribution in [0, 0.1) is 0 Å². The Hall–Kier alpha value is -1.36. The smallest absolute Gasteiger partial charge is 0.325 e. The Morgan fingerprint density at radius 1 is 0.935 bits per heavy atom. The molecule has 0 aromatic heterocycles. The zero-order valence-corrected chi connectivity index (χ0v) is 20.0. The summed E-state index contributed by atoms with van der Waals surface area (Å²) in [7, 11) is -3.90. The Bertz CT molecular complexity index is 823. The molecule has 0 unspecified atom stereocenters. The summed E-state index contributed by atoms with van der Waals surface area (Å²) in [4.78, 5) is 17.7.